The highest BCUT2D eigenvalue weighted by molar-refractivity contribution is 5.17. The zero-order chi connectivity index (χ0) is 13.0. The zero-order valence-electron chi connectivity index (χ0n) is 11.5. The van der Waals surface area contributed by atoms with E-state index in [-0.39, 0.29) is 6.04 Å². The predicted molar refractivity (Wildman–Crippen MR) is 75.3 cm³/mol. The number of aromatic nitrogens is 1. The first-order valence-electron chi connectivity index (χ1n) is 7.15. The molecule has 1 fully saturated rings. The Morgan fingerprint density at radius 1 is 1.33 bits per heavy atom. The second-order valence-electron chi connectivity index (χ2n) is 5.35. The zero-order valence-corrected chi connectivity index (χ0v) is 11.5. The summed E-state index contributed by atoms with van der Waals surface area (Å²) in [5.74, 6) is 0. The van der Waals surface area contributed by atoms with Crippen LogP contribution in [0.3, 0.4) is 0 Å². The molecule has 1 aliphatic carbocycles. The van der Waals surface area contributed by atoms with E-state index in [9.17, 15) is 0 Å². The maximum atomic E-state index is 6.25. The summed E-state index contributed by atoms with van der Waals surface area (Å²) in [5, 5.41) is 0. The van der Waals surface area contributed by atoms with Crippen LogP contribution in [0.15, 0.2) is 24.5 Å². The van der Waals surface area contributed by atoms with Gasteiger partial charge >= 0.3 is 0 Å². The SMILES string of the molecule is CCN(C1CCCC1)C(c1ccncc1)C(C)N. The summed E-state index contributed by atoms with van der Waals surface area (Å²) in [6, 6.07) is 5.38. The van der Waals surface area contributed by atoms with Gasteiger partial charge in [-0.15, -0.1) is 0 Å². The van der Waals surface area contributed by atoms with Gasteiger partial charge in [0.1, 0.15) is 0 Å². The molecule has 3 heteroatoms. The molecule has 100 valence electrons. The molecule has 3 nitrogen and oxygen atoms in total. The molecule has 0 bridgehead atoms. The van der Waals surface area contributed by atoms with Crippen molar-refractivity contribution in [2.45, 2.75) is 57.7 Å². The third-order valence-corrected chi connectivity index (χ3v) is 4.06. The Morgan fingerprint density at radius 3 is 2.44 bits per heavy atom. The maximum Gasteiger partial charge on any atom is 0.0500 e. The minimum absolute atomic E-state index is 0.146. The lowest BCUT2D eigenvalue weighted by Crippen LogP contribution is -2.44. The molecule has 1 aromatic rings. The monoisotopic (exact) mass is 247 g/mol. The van der Waals surface area contributed by atoms with Crippen molar-refractivity contribution in [3.8, 4) is 0 Å². The smallest absolute Gasteiger partial charge is 0.0500 e. The third-order valence-electron chi connectivity index (χ3n) is 4.06. The van der Waals surface area contributed by atoms with Crippen molar-refractivity contribution in [3.63, 3.8) is 0 Å². The number of likely N-dealkylation sites (N-methyl/N-ethyl adjacent to an activating group) is 1. The molecule has 0 aromatic carbocycles. The van der Waals surface area contributed by atoms with Crippen LogP contribution in [0.5, 0.6) is 0 Å². The lowest BCUT2D eigenvalue weighted by molar-refractivity contribution is 0.127. The first-order chi connectivity index (χ1) is 8.74. The Labute approximate surface area is 110 Å². The number of hydrogen-bond acceptors (Lipinski definition) is 3. The van der Waals surface area contributed by atoms with Gasteiger partial charge in [-0.2, -0.15) is 0 Å². The molecule has 2 rings (SSSR count). The highest BCUT2D eigenvalue weighted by Gasteiger charge is 2.30. The molecule has 0 spiro atoms. The molecule has 2 atom stereocenters. The lowest BCUT2D eigenvalue weighted by Gasteiger charge is -2.38. The molecule has 0 radical (unpaired) electrons. The lowest BCUT2D eigenvalue weighted by atomic mass is 9.98. The van der Waals surface area contributed by atoms with Gasteiger partial charge in [-0.3, -0.25) is 9.88 Å². The normalized spacial score (nSPS) is 20.2. The average molecular weight is 247 g/mol. The van der Waals surface area contributed by atoms with Crippen molar-refractivity contribution < 1.29 is 0 Å². The van der Waals surface area contributed by atoms with E-state index in [1.165, 1.54) is 31.2 Å². The van der Waals surface area contributed by atoms with Gasteiger partial charge in [0.15, 0.2) is 0 Å². The largest absolute Gasteiger partial charge is 0.326 e. The Bertz CT molecular complexity index is 344. The standard InChI is InChI=1S/C15H25N3/c1-3-18(14-6-4-5-7-14)15(12(2)16)13-8-10-17-11-9-13/h8-12,14-15H,3-7,16H2,1-2H3. The summed E-state index contributed by atoms with van der Waals surface area (Å²) in [6.45, 7) is 5.43. The molecule has 1 saturated carbocycles. The Balaban J connectivity index is 2.22. The quantitative estimate of drug-likeness (QED) is 0.870. The summed E-state index contributed by atoms with van der Waals surface area (Å²) in [7, 11) is 0. The van der Waals surface area contributed by atoms with E-state index in [4.69, 9.17) is 5.73 Å². The highest BCUT2D eigenvalue weighted by atomic mass is 15.2. The molecule has 1 aromatic heterocycles. The number of rotatable bonds is 5. The molecule has 1 heterocycles. The van der Waals surface area contributed by atoms with Gasteiger partial charge in [0.05, 0.1) is 0 Å². The Kier molecular flexibility index (Phi) is 4.72. The van der Waals surface area contributed by atoms with Gasteiger partial charge in [0, 0.05) is 30.5 Å². The minimum atomic E-state index is 0.146. The van der Waals surface area contributed by atoms with Crippen LogP contribution < -0.4 is 5.73 Å². The van der Waals surface area contributed by atoms with Gasteiger partial charge in [-0.25, -0.2) is 0 Å². The molecule has 0 aliphatic heterocycles. The van der Waals surface area contributed by atoms with Crippen LogP contribution in [0.4, 0.5) is 0 Å². The van der Waals surface area contributed by atoms with E-state index in [1.807, 2.05) is 12.4 Å². The maximum absolute atomic E-state index is 6.25. The van der Waals surface area contributed by atoms with Crippen molar-refractivity contribution in [3.05, 3.63) is 30.1 Å². The second-order valence-corrected chi connectivity index (χ2v) is 5.35. The van der Waals surface area contributed by atoms with Crippen LogP contribution in [0.25, 0.3) is 0 Å². The number of hydrogen-bond donors (Lipinski definition) is 1. The molecule has 18 heavy (non-hydrogen) atoms. The molecule has 1 aliphatic rings. The molecule has 2 unspecified atom stereocenters. The molecular weight excluding hydrogens is 222 g/mol. The first-order valence-corrected chi connectivity index (χ1v) is 7.15. The van der Waals surface area contributed by atoms with Crippen LogP contribution >= 0.6 is 0 Å². The van der Waals surface area contributed by atoms with E-state index in [2.05, 4.69) is 35.9 Å². The van der Waals surface area contributed by atoms with Crippen molar-refractivity contribution >= 4 is 0 Å². The van der Waals surface area contributed by atoms with Gasteiger partial charge in [0.25, 0.3) is 0 Å². The fourth-order valence-electron chi connectivity index (χ4n) is 3.28. The second kappa shape index (κ2) is 6.30. The van der Waals surface area contributed by atoms with Crippen LogP contribution in [-0.4, -0.2) is 28.5 Å². The van der Waals surface area contributed by atoms with Crippen LogP contribution in [0, 0.1) is 0 Å². The van der Waals surface area contributed by atoms with Gasteiger partial charge in [0.2, 0.25) is 0 Å². The Hall–Kier alpha value is -0.930. The summed E-state index contributed by atoms with van der Waals surface area (Å²) in [4.78, 5) is 6.70. The van der Waals surface area contributed by atoms with Crippen molar-refractivity contribution in [2.24, 2.45) is 5.73 Å². The fourth-order valence-corrected chi connectivity index (χ4v) is 3.28. The highest BCUT2D eigenvalue weighted by Crippen LogP contribution is 2.32. The molecule has 0 amide bonds. The molecular formula is C15H25N3. The van der Waals surface area contributed by atoms with Gasteiger partial charge < -0.3 is 5.73 Å². The van der Waals surface area contributed by atoms with Gasteiger partial charge in [-0.05, 0) is 44.0 Å². The van der Waals surface area contributed by atoms with E-state index in [1.54, 1.807) is 0 Å². The first kappa shape index (κ1) is 13.5. The van der Waals surface area contributed by atoms with E-state index in [0.29, 0.717) is 12.1 Å². The summed E-state index contributed by atoms with van der Waals surface area (Å²) < 4.78 is 0. The molecule has 0 saturated heterocycles. The summed E-state index contributed by atoms with van der Waals surface area (Å²) in [5.41, 5.74) is 7.55. The minimum Gasteiger partial charge on any atom is -0.326 e. The number of pyridine rings is 1. The van der Waals surface area contributed by atoms with E-state index < -0.39 is 0 Å². The van der Waals surface area contributed by atoms with Crippen LogP contribution in [-0.2, 0) is 0 Å². The van der Waals surface area contributed by atoms with E-state index >= 15 is 0 Å². The van der Waals surface area contributed by atoms with Gasteiger partial charge in [-0.1, -0.05) is 19.8 Å². The van der Waals surface area contributed by atoms with E-state index in [0.717, 1.165) is 6.54 Å². The van der Waals surface area contributed by atoms with Crippen LogP contribution in [0.2, 0.25) is 0 Å². The summed E-state index contributed by atoms with van der Waals surface area (Å²) >= 11 is 0. The average Bonchev–Trinajstić information content (AvgIpc) is 2.90. The number of nitrogens with two attached hydrogens (primary N) is 1. The van der Waals surface area contributed by atoms with Crippen molar-refractivity contribution in [1.82, 2.24) is 9.88 Å². The number of nitrogens with zero attached hydrogens (tertiary/aromatic N) is 2. The van der Waals surface area contributed by atoms with Crippen LogP contribution in [0.1, 0.15) is 51.1 Å². The predicted octanol–water partition coefficient (Wildman–Crippen LogP) is 2.73. The van der Waals surface area contributed by atoms with Crippen molar-refractivity contribution in [2.75, 3.05) is 6.54 Å². The fraction of sp³-hybridized carbons (Fsp3) is 0.667. The molecule has 2 N–H and O–H groups in total. The van der Waals surface area contributed by atoms with Crippen molar-refractivity contribution in [1.29, 1.82) is 0 Å². The summed E-state index contributed by atoms with van der Waals surface area (Å²) in [6.07, 6.45) is 9.11. The Morgan fingerprint density at radius 2 is 1.94 bits per heavy atom. The topological polar surface area (TPSA) is 42.2 Å². The third kappa shape index (κ3) is 2.90.